The van der Waals surface area contributed by atoms with E-state index in [-0.39, 0.29) is 12.6 Å². The molecule has 0 radical (unpaired) electrons. The highest BCUT2D eigenvalue weighted by Crippen LogP contribution is 2.27. The van der Waals surface area contributed by atoms with Crippen LogP contribution >= 0.6 is 11.8 Å². The maximum Gasteiger partial charge on any atom is 0.302 e. The van der Waals surface area contributed by atoms with Crippen molar-refractivity contribution in [1.29, 1.82) is 0 Å². The first kappa shape index (κ1) is 22.7. The van der Waals surface area contributed by atoms with E-state index < -0.39 is 0 Å². The molecule has 2 rings (SSSR count). The second kappa shape index (κ2) is 11.4. The van der Waals surface area contributed by atoms with Gasteiger partial charge in [0.25, 0.3) is 0 Å². The number of benzene rings is 2. The number of carbonyl (C=O) groups is 1. The van der Waals surface area contributed by atoms with E-state index in [1.165, 1.54) is 6.92 Å². The minimum absolute atomic E-state index is 0.253. The van der Waals surface area contributed by atoms with Crippen LogP contribution < -0.4 is 14.4 Å². The number of thioether (sulfide) groups is 1. The Bertz CT molecular complexity index is 818. The van der Waals surface area contributed by atoms with Crippen molar-refractivity contribution in [1.82, 2.24) is 0 Å². The highest BCUT2D eigenvalue weighted by Gasteiger charge is 2.05. The molecule has 0 aliphatic carbocycles. The van der Waals surface area contributed by atoms with Crippen molar-refractivity contribution in [2.75, 3.05) is 44.6 Å². The average molecular weight is 416 g/mol. The van der Waals surface area contributed by atoms with Gasteiger partial charge in [-0.15, -0.1) is 11.8 Å². The molecule has 2 aromatic carbocycles. The molecule has 0 aliphatic rings. The number of hydrogen-bond acceptors (Lipinski definition) is 6. The van der Waals surface area contributed by atoms with Crippen LogP contribution in [0.15, 0.2) is 59.5 Å². The van der Waals surface area contributed by atoms with E-state index in [1.807, 2.05) is 57.4 Å². The molecule has 29 heavy (non-hydrogen) atoms. The van der Waals surface area contributed by atoms with Gasteiger partial charge in [0.05, 0.1) is 0 Å². The molecule has 6 heteroatoms. The van der Waals surface area contributed by atoms with Crippen LogP contribution in [-0.2, 0) is 9.53 Å². The number of nitrogens with zero attached hydrogens (tertiary/aromatic N) is 1. The normalized spacial score (nSPS) is 10.3. The molecule has 0 unspecified atom stereocenters. The zero-order valence-corrected chi connectivity index (χ0v) is 18.4. The largest absolute Gasteiger partial charge is 0.490 e. The minimum Gasteiger partial charge on any atom is -0.490 e. The molecule has 0 aromatic heterocycles. The smallest absolute Gasteiger partial charge is 0.302 e. The number of ether oxygens (including phenoxy) is 3. The molecule has 0 amide bonds. The van der Waals surface area contributed by atoms with Gasteiger partial charge < -0.3 is 19.1 Å². The van der Waals surface area contributed by atoms with Crippen LogP contribution in [0.4, 0.5) is 5.69 Å². The van der Waals surface area contributed by atoms with Crippen LogP contribution in [0.25, 0.3) is 0 Å². The van der Waals surface area contributed by atoms with Crippen molar-refractivity contribution in [3.63, 3.8) is 0 Å². The van der Waals surface area contributed by atoms with Crippen molar-refractivity contribution in [2.45, 2.75) is 18.7 Å². The molecule has 0 atom stereocenters. The summed E-state index contributed by atoms with van der Waals surface area (Å²) < 4.78 is 16.3. The first-order chi connectivity index (χ1) is 13.8. The van der Waals surface area contributed by atoms with Crippen molar-refractivity contribution < 1.29 is 19.0 Å². The van der Waals surface area contributed by atoms with E-state index in [9.17, 15) is 4.79 Å². The van der Waals surface area contributed by atoms with Crippen molar-refractivity contribution in [3.8, 4) is 11.5 Å². The summed E-state index contributed by atoms with van der Waals surface area (Å²) >= 11 is 1.71. The Kier molecular flexibility index (Phi) is 8.93. The van der Waals surface area contributed by atoms with Gasteiger partial charge in [0.1, 0.15) is 31.3 Å². The van der Waals surface area contributed by atoms with E-state index >= 15 is 0 Å². The molecule has 0 bridgehead atoms. The zero-order chi connectivity index (χ0) is 21.2. The number of rotatable bonds is 11. The second-order valence-corrected chi connectivity index (χ2v) is 7.88. The summed E-state index contributed by atoms with van der Waals surface area (Å²) in [7, 11) is 4.02. The minimum atomic E-state index is -0.299. The highest BCUT2D eigenvalue weighted by molar-refractivity contribution is 7.99. The van der Waals surface area contributed by atoms with E-state index in [0.29, 0.717) is 13.2 Å². The molecule has 0 heterocycles. The van der Waals surface area contributed by atoms with Crippen LogP contribution in [0, 0.1) is 6.92 Å². The molecule has 0 saturated heterocycles. The Hall–Kier alpha value is -2.60. The fourth-order valence-electron chi connectivity index (χ4n) is 2.46. The molecular weight excluding hydrogens is 386 g/mol. The van der Waals surface area contributed by atoms with Gasteiger partial charge in [-0.05, 0) is 60.5 Å². The fraction of sp³-hybridized carbons (Fsp3) is 0.348. The lowest BCUT2D eigenvalue weighted by molar-refractivity contribution is -0.141. The summed E-state index contributed by atoms with van der Waals surface area (Å²) in [5.41, 5.74) is 3.20. The monoisotopic (exact) mass is 415 g/mol. The third-order valence-corrected chi connectivity index (χ3v) is 5.17. The molecule has 0 fully saturated rings. The second-order valence-electron chi connectivity index (χ2n) is 6.83. The van der Waals surface area contributed by atoms with Gasteiger partial charge in [0.15, 0.2) is 0 Å². The number of aryl methyl sites for hydroxylation is 1. The zero-order valence-electron chi connectivity index (χ0n) is 17.6. The lowest BCUT2D eigenvalue weighted by Crippen LogP contribution is -2.10. The number of esters is 1. The van der Waals surface area contributed by atoms with Crippen LogP contribution in [0.3, 0.4) is 0 Å². The number of carbonyl (C=O) groups excluding carboxylic acids is 1. The van der Waals surface area contributed by atoms with Gasteiger partial charge in [-0.1, -0.05) is 6.58 Å². The quantitative estimate of drug-likeness (QED) is 0.229. The molecule has 0 N–H and O–H groups in total. The summed E-state index contributed by atoms with van der Waals surface area (Å²) in [5, 5.41) is 0. The summed E-state index contributed by atoms with van der Waals surface area (Å²) in [5.74, 6) is 2.12. The number of hydrogen-bond donors (Lipinski definition) is 0. The van der Waals surface area contributed by atoms with Gasteiger partial charge in [-0.3, -0.25) is 4.79 Å². The van der Waals surface area contributed by atoms with Crippen molar-refractivity contribution in [3.05, 3.63) is 60.2 Å². The van der Waals surface area contributed by atoms with E-state index in [0.717, 1.165) is 39.0 Å². The Morgan fingerprint density at radius 2 is 1.79 bits per heavy atom. The molecular formula is C23H29NO4S. The standard InChI is InChI=1S/C23H29NO4S/c1-17(15-28-21-8-6-20(7-9-21)24(4)5)16-29-22-10-11-23(18(2)14-22)27-13-12-26-19(3)25/h6-11,14H,1,12-13,15-16H2,2-5H3. The highest BCUT2D eigenvalue weighted by atomic mass is 32.2. The third-order valence-electron chi connectivity index (χ3n) is 4.03. The topological polar surface area (TPSA) is 48.0 Å². The van der Waals surface area contributed by atoms with Crippen LogP contribution in [-0.4, -0.2) is 45.6 Å². The van der Waals surface area contributed by atoms with Gasteiger partial charge in [0.2, 0.25) is 0 Å². The van der Waals surface area contributed by atoms with Gasteiger partial charge >= 0.3 is 5.97 Å². The first-order valence-electron chi connectivity index (χ1n) is 9.41. The third kappa shape index (κ3) is 8.11. The van der Waals surface area contributed by atoms with Gasteiger partial charge in [-0.2, -0.15) is 0 Å². The summed E-state index contributed by atoms with van der Waals surface area (Å²) in [6.07, 6.45) is 0. The summed E-state index contributed by atoms with van der Waals surface area (Å²) in [6.45, 7) is 8.59. The summed E-state index contributed by atoms with van der Waals surface area (Å²) in [4.78, 5) is 14.0. The predicted octanol–water partition coefficient (Wildman–Crippen LogP) is 4.73. The Morgan fingerprint density at radius 1 is 1.07 bits per heavy atom. The molecule has 156 valence electrons. The number of anilines is 1. The first-order valence-corrected chi connectivity index (χ1v) is 10.4. The Morgan fingerprint density at radius 3 is 2.41 bits per heavy atom. The SMILES string of the molecule is C=C(COc1ccc(N(C)C)cc1)CSc1ccc(OCCOC(C)=O)c(C)c1. The molecule has 0 spiro atoms. The van der Waals surface area contributed by atoms with E-state index in [4.69, 9.17) is 14.2 Å². The lowest BCUT2D eigenvalue weighted by Gasteiger charge is -2.14. The maximum atomic E-state index is 10.8. The maximum absolute atomic E-state index is 10.8. The lowest BCUT2D eigenvalue weighted by atomic mass is 10.2. The van der Waals surface area contributed by atoms with Crippen molar-refractivity contribution in [2.24, 2.45) is 0 Å². The van der Waals surface area contributed by atoms with E-state index in [2.05, 4.69) is 17.5 Å². The molecule has 0 saturated carbocycles. The van der Waals surface area contributed by atoms with Gasteiger partial charge in [0, 0.05) is 37.4 Å². The predicted molar refractivity (Wildman–Crippen MR) is 119 cm³/mol. The van der Waals surface area contributed by atoms with Crippen LogP contribution in [0.5, 0.6) is 11.5 Å². The average Bonchev–Trinajstić information content (AvgIpc) is 2.69. The molecule has 5 nitrogen and oxygen atoms in total. The Labute approximate surface area is 177 Å². The van der Waals surface area contributed by atoms with Crippen LogP contribution in [0.2, 0.25) is 0 Å². The van der Waals surface area contributed by atoms with Crippen molar-refractivity contribution >= 4 is 23.4 Å². The molecule has 0 aliphatic heterocycles. The van der Waals surface area contributed by atoms with E-state index in [1.54, 1.807) is 11.8 Å². The van der Waals surface area contributed by atoms with Crippen LogP contribution in [0.1, 0.15) is 12.5 Å². The Balaban J connectivity index is 1.75. The molecule has 2 aromatic rings. The summed E-state index contributed by atoms with van der Waals surface area (Å²) in [6, 6.07) is 14.1. The fourth-order valence-corrected chi connectivity index (χ4v) is 3.34. The van der Waals surface area contributed by atoms with Gasteiger partial charge in [-0.25, -0.2) is 0 Å².